The number of anilines is 2. The summed E-state index contributed by atoms with van der Waals surface area (Å²) >= 11 is 12.9. The molecule has 4 aromatic carbocycles. The fourth-order valence-electron chi connectivity index (χ4n) is 6.28. The van der Waals surface area contributed by atoms with Crippen molar-refractivity contribution >= 4 is 52.2 Å². The number of hydrogen-bond acceptors (Lipinski definition) is 6. The summed E-state index contributed by atoms with van der Waals surface area (Å²) in [5, 5.41) is 19.3. The molecule has 0 aromatic heterocycles. The number of para-hydroxylation sites is 2. The maximum absolute atomic E-state index is 12.9. The van der Waals surface area contributed by atoms with Gasteiger partial charge in [0, 0.05) is 41.2 Å². The van der Waals surface area contributed by atoms with Gasteiger partial charge in [0.1, 0.15) is 28.1 Å². The van der Waals surface area contributed by atoms with Crippen LogP contribution in [0.15, 0.2) is 102 Å². The third-order valence-corrected chi connectivity index (χ3v) is 9.29. The summed E-state index contributed by atoms with van der Waals surface area (Å²) < 4.78 is 0. The molecule has 0 aliphatic carbocycles. The van der Waals surface area contributed by atoms with E-state index in [1.54, 1.807) is 46.2 Å². The van der Waals surface area contributed by atoms with Crippen LogP contribution in [0.3, 0.4) is 0 Å². The largest absolute Gasteiger partial charge is 0.508 e. The minimum absolute atomic E-state index is 0.0961. The molecule has 2 saturated heterocycles. The molecule has 3 heterocycles. The third kappa shape index (κ3) is 4.66. The lowest BCUT2D eigenvalue weighted by atomic mass is 9.91. The van der Waals surface area contributed by atoms with Crippen molar-refractivity contribution < 1.29 is 19.8 Å². The summed E-state index contributed by atoms with van der Waals surface area (Å²) in [6.07, 6.45) is 0. The molecule has 2 fully saturated rings. The quantitative estimate of drug-likeness (QED) is 0.201. The molecule has 222 valence electrons. The number of phenolic OH excluding ortho intramolecular Hbond substituents is 2. The average Bonchev–Trinajstić information content (AvgIpc) is 3.50. The maximum atomic E-state index is 12.9. The molecular formula is C34H28Cl2N4O4. The van der Waals surface area contributed by atoms with Crippen molar-refractivity contribution in [1.29, 1.82) is 0 Å². The Morgan fingerprint density at radius 3 is 1.84 bits per heavy atom. The molecule has 2 amide bonds. The van der Waals surface area contributed by atoms with Crippen molar-refractivity contribution in [2.75, 3.05) is 22.9 Å². The Bertz CT molecular complexity index is 1810. The number of benzene rings is 4. The zero-order chi connectivity index (χ0) is 30.5. The molecule has 0 spiro atoms. The minimum atomic E-state index is -0.766. The van der Waals surface area contributed by atoms with Crippen molar-refractivity contribution in [2.24, 2.45) is 4.99 Å². The number of alkyl halides is 2. The SMILES string of the molecule is O=C1C(Cl)C(c2ccccc2O)N1c1cccc(CN2CCN=C2c2cccc(N3C(=O)C(Cl)C3c3ccccc3O)c2)c1. The fourth-order valence-corrected chi connectivity index (χ4v) is 6.99. The molecule has 3 aliphatic rings. The third-order valence-electron chi connectivity index (χ3n) is 8.44. The first-order valence-corrected chi connectivity index (χ1v) is 15.2. The van der Waals surface area contributed by atoms with Gasteiger partial charge in [-0.3, -0.25) is 14.6 Å². The van der Waals surface area contributed by atoms with Crippen molar-refractivity contribution in [1.82, 2.24) is 4.90 Å². The van der Waals surface area contributed by atoms with Crippen molar-refractivity contribution in [3.8, 4) is 11.5 Å². The number of aromatic hydroxyl groups is 2. The molecule has 3 aliphatic heterocycles. The number of phenols is 2. The molecule has 44 heavy (non-hydrogen) atoms. The molecule has 0 radical (unpaired) electrons. The van der Waals surface area contributed by atoms with E-state index in [1.165, 1.54) is 0 Å². The Hall–Kier alpha value is -4.53. The van der Waals surface area contributed by atoms with E-state index < -0.39 is 22.8 Å². The number of halogens is 2. The normalized spacial score (nSPS) is 23.0. The first-order chi connectivity index (χ1) is 21.3. The van der Waals surface area contributed by atoms with E-state index in [4.69, 9.17) is 28.2 Å². The zero-order valence-corrected chi connectivity index (χ0v) is 24.9. The predicted molar refractivity (Wildman–Crippen MR) is 171 cm³/mol. The van der Waals surface area contributed by atoms with Crippen LogP contribution in [-0.2, 0) is 16.1 Å². The summed E-state index contributed by atoms with van der Waals surface area (Å²) in [6, 6.07) is 28.3. The number of amidine groups is 1. The highest BCUT2D eigenvalue weighted by molar-refractivity contribution is 6.38. The van der Waals surface area contributed by atoms with Crippen LogP contribution < -0.4 is 9.80 Å². The second kappa shape index (κ2) is 11.2. The van der Waals surface area contributed by atoms with Gasteiger partial charge in [0.2, 0.25) is 11.8 Å². The van der Waals surface area contributed by atoms with E-state index in [1.807, 2.05) is 60.7 Å². The van der Waals surface area contributed by atoms with E-state index in [2.05, 4.69) is 4.90 Å². The summed E-state index contributed by atoms with van der Waals surface area (Å²) in [7, 11) is 0. The van der Waals surface area contributed by atoms with Gasteiger partial charge in [-0.15, -0.1) is 23.2 Å². The molecule has 10 heteroatoms. The average molecular weight is 628 g/mol. The number of nitrogens with zero attached hydrogens (tertiary/aromatic N) is 4. The van der Waals surface area contributed by atoms with Gasteiger partial charge in [-0.25, -0.2) is 0 Å². The molecule has 2 N–H and O–H groups in total. The van der Waals surface area contributed by atoms with Crippen molar-refractivity contribution in [3.05, 3.63) is 119 Å². The van der Waals surface area contributed by atoms with Crippen molar-refractivity contribution in [3.63, 3.8) is 0 Å². The van der Waals surface area contributed by atoms with Crippen LogP contribution in [0.2, 0.25) is 0 Å². The van der Waals surface area contributed by atoms with Crippen LogP contribution in [0.1, 0.15) is 34.3 Å². The summed E-state index contributed by atoms with van der Waals surface area (Å²) in [5.41, 5.74) is 4.44. The van der Waals surface area contributed by atoms with Crippen LogP contribution in [0, 0.1) is 0 Å². The van der Waals surface area contributed by atoms with Gasteiger partial charge in [0.05, 0.1) is 18.6 Å². The monoisotopic (exact) mass is 626 g/mol. The predicted octanol–water partition coefficient (Wildman–Crippen LogP) is 5.75. The van der Waals surface area contributed by atoms with Gasteiger partial charge in [0.15, 0.2) is 0 Å². The molecule has 4 atom stereocenters. The summed E-state index contributed by atoms with van der Waals surface area (Å²) in [4.78, 5) is 36.0. The van der Waals surface area contributed by atoms with Crippen LogP contribution in [0.4, 0.5) is 11.4 Å². The molecule has 8 nitrogen and oxygen atoms in total. The van der Waals surface area contributed by atoms with Crippen LogP contribution >= 0.6 is 23.2 Å². The van der Waals surface area contributed by atoms with Crippen LogP contribution in [0.5, 0.6) is 11.5 Å². The maximum Gasteiger partial charge on any atom is 0.248 e. The second-order valence-corrected chi connectivity index (χ2v) is 12.0. The number of aliphatic imine (C=N–C) groups is 1. The lowest BCUT2D eigenvalue weighted by Gasteiger charge is -2.45. The zero-order valence-electron chi connectivity index (χ0n) is 23.4. The Kier molecular flexibility index (Phi) is 7.19. The molecule has 7 rings (SSSR count). The molecule has 4 unspecified atom stereocenters. The number of β-lactam (4-membered cyclic amide) rings is 2. The van der Waals surface area contributed by atoms with Crippen LogP contribution in [0.25, 0.3) is 0 Å². The highest BCUT2D eigenvalue weighted by Gasteiger charge is 2.50. The van der Waals surface area contributed by atoms with Gasteiger partial charge in [-0.2, -0.15) is 0 Å². The Labute approximate surface area is 264 Å². The number of carbonyl (C=O) groups is 2. The lowest BCUT2D eigenvalue weighted by Crippen LogP contribution is -2.56. The lowest BCUT2D eigenvalue weighted by molar-refractivity contribution is -0.124. The second-order valence-electron chi connectivity index (χ2n) is 11.1. The van der Waals surface area contributed by atoms with E-state index in [9.17, 15) is 19.8 Å². The Balaban J connectivity index is 1.12. The number of hydrogen-bond donors (Lipinski definition) is 2. The standard InChI is InChI=1S/C34H28Cl2N4O4/c35-28-30(24-11-1-3-13-26(24)41)39(33(28)43)22-9-5-7-20(17-22)19-38-16-15-37-32(38)21-8-6-10-23(18-21)40-31(29(36)34(40)44)25-12-2-4-14-27(25)42/h1-14,17-18,28-31,41-42H,15-16,19H2. The first kappa shape index (κ1) is 28.3. The van der Waals surface area contributed by atoms with E-state index >= 15 is 0 Å². The number of carbonyl (C=O) groups excluding carboxylic acids is 2. The highest BCUT2D eigenvalue weighted by atomic mass is 35.5. The summed E-state index contributed by atoms with van der Waals surface area (Å²) in [5.74, 6) is 0.573. The smallest absolute Gasteiger partial charge is 0.248 e. The molecule has 4 aromatic rings. The Morgan fingerprint density at radius 1 is 0.705 bits per heavy atom. The topological polar surface area (TPSA) is 96.7 Å². The number of rotatable bonds is 7. The molecule has 0 bridgehead atoms. The van der Waals surface area contributed by atoms with E-state index in [0.717, 1.165) is 17.0 Å². The van der Waals surface area contributed by atoms with Gasteiger partial charge in [-0.1, -0.05) is 60.7 Å². The molecule has 0 saturated carbocycles. The highest BCUT2D eigenvalue weighted by Crippen LogP contribution is 2.46. The fraction of sp³-hybridized carbons (Fsp3) is 0.206. The minimum Gasteiger partial charge on any atom is -0.508 e. The van der Waals surface area contributed by atoms with E-state index in [-0.39, 0.29) is 23.3 Å². The first-order valence-electron chi connectivity index (χ1n) is 14.3. The van der Waals surface area contributed by atoms with Gasteiger partial charge in [0.25, 0.3) is 0 Å². The van der Waals surface area contributed by atoms with Crippen LogP contribution in [-0.4, -0.2) is 56.6 Å². The van der Waals surface area contributed by atoms with Gasteiger partial charge >= 0.3 is 0 Å². The van der Waals surface area contributed by atoms with E-state index in [0.29, 0.717) is 42.1 Å². The van der Waals surface area contributed by atoms with Crippen molar-refractivity contribution in [2.45, 2.75) is 29.4 Å². The van der Waals surface area contributed by atoms with Gasteiger partial charge < -0.3 is 24.9 Å². The Morgan fingerprint density at radius 2 is 1.25 bits per heavy atom. The molecular weight excluding hydrogens is 599 g/mol. The van der Waals surface area contributed by atoms with Gasteiger partial charge in [-0.05, 0) is 42.0 Å². The number of amides is 2. The summed E-state index contributed by atoms with van der Waals surface area (Å²) in [6.45, 7) is 1.89.